The molecular formula is C7H4Cl2N2O3. The van der Waals surface area contributed by atoms with Crippen molar-refractivity contribution in [2.24, 2.45) is 5.16 Å². The summed E-state index contributed by atoms with van der Waals surface area (Å²) in [6.07, 6.45) is 0.992. The van der Waals surface area contributed by atoms with Crippen LogP contribution < -0.4 is 0 Å². The minimum Gasteiger partial charge on any atom is -0.411 e. The number of nitro groups is 1. The Bertz CT molecular complexity index is 406. The van der Waals surface area contributed by atoms with Crippen LogP contribution in [0.5, 0.6) is 0 Å². The van der Waals surface area contributed by atoms with Gasteiger partial charge in [-0.3, -0.25) is 10.1 Å². The average Bonchev–Trinajstić information content (AvgIpc) is 2.09. The van der Waals surface area contributed by atoms with E-state index in [2.05, 4.69) is 5.16 Å². The second kappa shape index (κ2) is 4.26. The van der Waals surface area contributed by atoms with E-state index in [9.17, 15) is 10.1 Å². The van der Waals surface area contributed by atoms with Gasteiger partial charge in [-0.15, -0.1) is 0 Å². The monoisotopic (exact) mass is 234 g/mol. The normalized spacial score (nSPS) is 10.7. The van der Waals surface area contributed by atoms with E-state index in [0.717, 1.165) is 12.3 Å². The van der Waals surface area contributed by atoms with Crippen LogP contribution in [0.25, 0.3) is 0 Å². The van der Waals surface area contributed by atoms with E-state index in [1.165, 1.54) is 6.07 Å². The van der Waals surface area contributed by atoms with Crippen molar-refractivity contribution >= 4 is 35.1 Å². The fourth-order valence-corrected chi connectivity index (χ4v) is 1.36. The summed E-state index contributed by atoms with van der Waals surface area (Å²) < 4.78 is 0. The van der Waals surface area contributed by atoms with Crippen molar-refractivity contribution in [3.05, 3.63) is 37.9 Å². The third-order valence-electron chi connectivity index (χ3n) is 1.46. The molecular weight excluding hydrogens is 231 g/mol. The van der Waals surface area contributed by atoms with Gasteiger partial charge in [0.25, 0.3) is 5.69 Å². The van der Waals surface area contributed by atoms with Crippen LogP contribution in [0, 0.1) is 10.1 Å². The van der Waals surface area contributed by atoms with Crippen LogP contribution in [0.15, 0.2) is 17.3 Å². The standard InChI is InChI=1S/C7H4Cl2N2O3/c8-5-2-6(9)7(11(13)14)1-4(5)3-10-12/h1-3,12H/b10-3+. The smallest absolute Gasteiger partial charge is 0.288 e. The first-order chi connectivity index (χ1) is 6.56. The lowest BCUT2D eigenvalue weighted by molar-refractivity contribution is -0.384. The van der Waals surface area contributed by atoms with Crippen LogP contribution in [0.2, 0.25) is 10.0 Å². The van der Waals surface area contributed by atoms with Gasteiger partial charge in [-0.25, -0.2) is 0 Å². The minimum atomic E-state index is -0.645. The maximum absolute atomic E-state index is 10.5. The van der Waals surface area contributed by atoms with Gasteiger partial charge in [0.15, 0.2) is 0 Å². The first-order valence-electron chi connectivity index (χ1n) is 3.37. The van der Waals surface area contributed by atoms with Gasteiger partial charge in [0.2, 0.25) is 0 Å². The van der Waals surface area contributed by atoms with Gasteiger partial charge < -0.3 is 5.21 Å². The van der Waals surface area contributed by atoms with Crippen molar-refractivity contribution in [2.75, 3.05) is 0 Å². The summed E-state index contributed by atoms with van der Waals surface area (Å²) in [7, 11) is 0. The maximum Gasteiger partial charge on any atom is 0.288 e. The molecule has 0 saturated carbocycles. The fraction of sp³-hybridized carbons (Fsp3) is 0. The quantitative estimate of drug-likeness (QED) is 0.370. The number of hydrogen-bond donors (Lipinski definition) is 1. The predicted octanol–water partition coefficient (Wildman–Crippen LogP) is 2.71. The Morgan fingerprint density at radius 1 is 1.43 bits per heavy atom. The molecule has 14 heavy (non-hydrogen) atoms. The molecule has 0 aliphatic heterocycles. The Morgan fingerprint density at radius 2 is 2.07 bits per heavy atom. The predicted molar refractivity (Wildman–Crippen MR) is 52.5 cm³/mol. The van der Waals surface area contributed by atoms with Crippen molar-refractivity contribution in [2.45, 2.75) is 0 Å². The van der Waals surface area contributed by atoms with Gasteiger partial charge in [0.05, 0.1) is 16.2 Å². The summed E-state index contributed by atoms with van der Waals surface area (Å²) in [6, 6.07) is 2.35. The molecule has 0 aliphatic rings. The molecule has 1 aromatic carbocycles. The molecule has 0 radical (unpaired) electrons. The molecule has 0 unspecified atom stereocenters. The summed E-state index contributed by atoms with van der Waals surface area (Å²) in [5.74, 6) is 0. The van der Waals surface area contributed by atoms with E-state index in [1.54, 1.807) is 0 Å². The van der Waals surface area contributed by atoms with Gasteiger partial charge in [0, 0.05) is 11.6 Å². The highest BCUT2D eigenvalue weighted by Crippen LogP contribution is 2.29. The van der Waals surface area contributed by atoms with Gasteiger partial charge in [0.1, 0.15) is 5.02 Å². The topological polar surface area (TPSA) is 75.7 Å². The summed E-state index contributed by atoms with van der Waals surface area (Å²) in [6.45, 7) is 0. The van der Waals surface area contributed by atoms with Crippen molar-refractivity contribution < 1.29 is 10.1 Å². The molecule has 0 saturated heterocycles. The van der Waals surface area contributed by atoms with E-state index in [1.807, 2.05) is 0 Å². The summed E-state index contributed by atoms with van der Waals surface area (Å²) >= 11 is 11.2. The van der Waals surface area contributed by atoms with Crippen LogP contribution in [-0.2, 0) is 0 Å². The second-order valence-corrected chi connectivity index (χ2v) is 3.14. The van der Waals surface area contributed by atoms with E-state index in [-0.39, 0.29) is 21.3 Å². The summed E-state index contributed by atoms with van der Waals surface area (Å²) in [5.41, 5.74) is -0.0590. The molecule has 0 aromatic heterocycles. The molecule has 0 fully saturated rings. The number of halogens is 2. The SMILES string of the molecule is O=[N+]([O-])c1cc(/C=N/O)c(Cl)cc1Cl. The molecule has 5 nitrogen and oxygen atoms in total. The van der Waals surface area contributed by atoms with E-state index in [0.29, 0.717) is 0 Å². The third kappa shape index (κ3) is 2.12. The Morgan fingerprint density at radius 3 is 2.57 bits per heavy atom. The molecule has 74 valence electrons. The van der Waals surface area contributed by atoms with Crippen LogP contribution in [-0.4, -0.2) is 16.3 Å². The van der Waals surface area contributed by atoms with Gasteiger partial charge in [-0.1, -0.05) is 28.4 Å². The molecule has 7 heteroatoms. The molecule has 0 atom stereocenters. The Kier molecular flexibility index (Phi) is 3.27. The Hall–Kier alpha value is -1.33. The Balaban J connectivity index is 3.34. The van der Waals surface area contributed by atoms with Crippen molar-refractivity contribution in [3.8, 4) is 0 Å². The van der Waals surface area contributed by atoms with Gasteiger partial charge >= 0.3 is 0 Å². The van der Waals surface area contributed by atoms with Crippen molar-refractivity contribution in [1.29, 1.82) is 0 Å². The molecule has 0 heterocycles. The Labute approximate surface area is 88.7 Å². The van der Waals surface area contributed by atoms with Crippen LogP contribution in [0.1, 0.15) is 5.56 Å². The zero-order valence-electron chi connectivity index (χ0n) is 6.65. The van der Waals surface area contributed by atoms with E-state index >= 15 is 0 Å². The molecule has 1 aromatic rings. The lowest BCUT2D eigenvalue weighted by atomic mass is 10.2. The fourth-order valence-electron chi connectivity index (χ4n) is 0.855. The third-order valence-corrected chi connectivity index (χ3v) is 2.09. The van der Waals surface area contributed by atoms with Crippen molar-refractivity contribution in [3.63, 3.8) is 0 Å². The lowest BCUT2D eigenvalue weighted by Gasteiger charge is -1.99. The summed E-state index contributed by atoms with van der Waals surface area (Å²) in [4.78, 5) is 9.82. The minimum absolute atomic E-state index is 0.0601. The first-order valence-corrected chi connectivity index (χ1v) is 4.12. The number of nitrogens with zero attached hydrogens (tertiary/aromatic N) is 2. The molecule has 0 amide bonds. The van der Waals surface area contributed by atoms with Crippen LogP contribution >= 0.6 is 23.2 Å². The van der Waals surface area contributed by atoms with Gasteiger partial charge in [-0.2, -0.15) is 0 Å². The number of nitro benzene ring substituents is 1. The molecule has 0 bridgehead atoms. The molecule has 0 aliphatic carbocycles. The van der Waals surface area contributed by atoms with Crippen LogP contribution in [0.3, 0.4) is 0 Å². The lowest BCUT2D eigenvalue weighted by Crippen LogP contribution is -1.92. The number of hydrogen-bond acceptors (Lipinski definition) is 4. The van der Waals surface area contributed by atoms with Crippen LogP contribution in [0.4, 0.5) is 5.69 Å². The first kappa shape index (κ1) is 10.7. The van der Waals surface area contributed by atoms with Crippen molar-refractivity contribution in [1.82, 2.24) is 0 Å². The number of rotatable bonds is 2. The highest BCUT2D eigenvalue weighted by Gasteiger charge is 2.15. The maximum atomic E-state index is 10.5. The number of oxime groups is 1. The van der Waals surface area contributed by atoms with Gasteiger partial charge in [-0.05, 0) is 6.07 Å². The highest BCUT2D eigenvalue weighted by molar-refractivity contribution is 6.37. The number of benzene rings is 1. The molecule has 1 N–H and O–H groups in total. The average molecular weight is 235 g/mol. The molecule has 1 rings (SSSR count). The van der Waals surface area contributed by atoms with E-state index in [4.69, 9.17) is 28.4 Å². The molecule has 0 spiro atoms. The highest BCUT2D eigenvalue weighted by atomic mass is 35.5. The largest absolute Gasteiger partial charge is 0.411 e. The van der Waals surface area contributed by atoms with E-state index < -0.39 is 4.92 Å². The second-order valence-electron chi connectivity index (χ2n) is 2.33. The summed E-state index contributed by atoms with van der Waals surface area (Å²) in [5, 5.41) is 21.6. The zero-order valence-corrected chi connectivity index (χ0v) is 8.16. The zero-order chi connectivity index (χ0) is 10.7.